The lowest BCUT2D eigenvalue weighted by Gasteiger charge is -2.07. The lowest BCUT2D eigenvalue weighted by molar-refractivity contribution is -0.384. The summed E-state index contributed by atoms with van der Waals surface area (Å²) in [5.41, 5.74) is 11.8. The molecule has 0 unspecified atom stereocenters. The van der Waals surface area contributed by atoms with E-state index in [4.69, 9.17) is 16.6 Å². The number of nitrogens with zero attached hydrogens (tertiary/aromatic N) is 1. The first-order valence-electron chi connectivity index (χ1n) is 4.50. The third-order valence-electron chi connectivity index (χ3n) is 2.12. The van der Waals surface area contributed by atoms with Gasteiger partial charge in [0.15, 0.2) is 0 Å². The first kappa shape index (κ1) is 11.3. The van der Waals surface area contributed by atoms with Crippen LogP contribution in [0, 0.1) is 10.1 Å². The Labute approximate surface area is 86.7 Å². The summed E-state index contributed by atoms with van der Waals surface area (Å²) in [7, 11) is 0. The fourth-order valence-electron chi connectivity index (χ4n) is 1.40. The van der Waals surface area contributed by atoms with Crippen molar-refractivity contribution in [1.82, 2.24) is 0 Å². The molecule has 5 N–H and O–H groups in total. The largest absolute Gasteiger partial charge is 0.398 e. The molecule has 82 valence electrons. The number of hydrogen-bond donors (Lipinski definition) is 3. The monoisotopic (exact) mass is 211 g/mol. The number of nitro groups is 1. The van der Waals surface area contributed by atoms with Crippen LogP contribution in [0.25, 0.3) is 0 Å². The molecule has 0 radical (unpaired) electrons. The third kappa shape index (κ3) is 2.35. The first-order chi connectivity index (χ1) is 7.07. The summed E-state index contributed by atoms with van der Waals surface area (Å²) in [4.78, 5) is 10.2. The van der Waals surface area contributed by atoms with Crippen molar-refractivity contribution in [3.05, 3.63) is 27.8 Å². The van der Waals surface area contributed by atoms with Crippen LogP contribution in [0.1, 0.15) is 12.0 Å². The molecule has 0 spiro atoms. The Kier molecular flexibility index (Phi) is 3.46. The number of hydrogen-bond acceptors (Lipinski definition) is 5. The van der Waals surface area contributed by atoms with Gasteiger partial charge in [-0.05, 0) is 25.0 Å². The molecule has 0 fully saturated rings. The number of aliphatic hydroxyl groups excluding tert-OH is 1. The van der Waals surface area contributed by atoms with Crippen molar-refractivity contribution in [3.63, 3.8) is 0 Å². The minimum absolute atomic E-state index is 0.0363. The quantitative estimate of drug-likeness (QED) is 0.385. The topological polar surface area (TPSA) is 115 Å². The molecule has 1 aromatic carbocycles. The Morgan fingerprint density at radius 3 is 2.47 bits per heavy atom. The predicted octanol–water partition coefficient (Wildman–Crippen LogP) is 0.684. The molecule has 0 aliphatic rings. The second kappa shape index (κ2) is 4.61. The highest BCUT2D eigenvalue weighted by atomic mass is 16.6. The summed E-state index contributed by atoms with van der Waals surface area (Å²) in [6, 6.07) is 2.95. The van der Waals surface area contributed by atoms with Crippen molar-refractivity contribution in [2.45, 2.75) is 12.8 Å². The van der Waals surface area contributed by atoms with Gasteiger partial charge in [0, 0.05) is 12.3 Å². The number of nitro benzene ring substituents is 1. The molecule has 0 bridgehead atoms. The van der Waals surface area contributed by atoms with Crippen LogP contribution < -0.4 is 11.5 Å². The standard InChI is InChI=1S/C9H13N3O3/c10-7-3-4-8(11)9(12(14)15)6(7)2-1-5-13/h3-4,13H,1-2,5,10-11H2. The van der Waals surface area contributed by atoms with E-state index in [1.807, 2.05) is 0 Å². The van der Waals surface area contributed by atoms with E-state index < -0.39 is 4.92 Å². The van der Waals surface area contributed by atoms with Crippen LogP contribution in [0.5, 0.6) is 0 Å². The zero-order valence-electron chi connectivity index (χ0n) is 8.14. The Morgan fingerprint density at radius 1 is 1.33 bits per heavy atom. The van der Waals surface area contributed by atoms with Gasteiger partial charge in [-0.3, -0.25) is 10.1 Å². The highest BCUT2D eigenvalue weighted by molar-refractivity contribution is 5.70. The van der Waals surface area contributed by atoms with Gasteiger partial charge in [0.25, 0.3) is 5.69 Å². The smallest absolute Gasteiger partial charge is 0.297 e. The van der Waals surface area contributed by atoms with Crippen molar-refractivity contribution in [1.29, 1.82) is 0 Å². The van der Waals surface area contributed by atoms with Crippen LogP contribution >= 0.6 is 0 Å². The SMILES string of the molecule is Nc1ccc(N)c([N+](=O)[O-])c1CCCO. The number of rotatable bonds is 4. The first-order valence-corrected chi connectivity index (χ1v) is 4.50. The zero-order valence-corrected chi connectivity index (χ0v) is 8.14. The van der Waals surface area contributed by atoms with Gasteiger partial charge >= 0.3 is 0 Å². The van der Waals surface area contributed by atoms with E-state index in [1.54, 1.807) is 0 Å². The van der Waals surface area contributed by atoms with Crippen molar-refractivity contribution < 1.29 is 10.0 Å². The Hall–Kier alpha value is -1.82. The van der Waals surface area contributed by atoms with E-state index in [0.29, 0.717) is 24.1 Å². The lowest BCUT2D eigenvalue weighted by Crippen LogP contribution is -2.05. The average molecular weight is 211 g/mol. The van der Waals surface area contributed by atoms with E-state index in [0.717, 1.165) is 0 Å². The lowest BCUT2D eigenvalue weighted by atomic mass is 10.0. The maximum Gasteiger partial charge on any atom is 0.297 e. The van der Waals surface area contributed by atoms with Gasteiger partial charge in [-0.1, -0.05) is 0 Å². The fraction of sp³-hybridized carbons (Fsp3) is 0.333. The van der Waals surface area contributed by atoms with Crippen LogP contribution in [0.4, 0.5) is 17.1 Å². The maximum atomic E-state index is 10.8. The van der Waals surface area contributed by atoms with Crippen LogP contribution in [0.2, 0.25) is 0 Å². The van der Waals surface area contributed by atoms with Gasteiger partial charge in [-0.15, -0.1) is 0 Å². The summed E-state index contributed by atoms with van der Waals surface area (Å²) < 4.78 is 0. The Bertz CT molecular complexity index is 379. The summed E-state index contributed by atoms with van der Waals surface area (Å²) in [5, 5.41) is 19.4. The number of anilines is 2. The second-order valence-electron chi connectivity index (χ2n) is 3.16. The molecule has 0 heterocycles. The maximum absolute atomic E-state index is 10.8. The third-order valence-corrected chi connectivity index (χ3v) is 2.12. The molecule has 1 aromatic rings. The molecule has 15 heavy (non-hydrogen) atoms. The highest BCUT2D eigenvalue weighted by Gasteiger charge is 2.19. The molecular weight excluding hydrogens is 198 g/mol. The highest BCUT2D eigenvalue weighted by Crippen LogP contribution is 2.31. The van der Waals surface area contributed by atoms with E-state index in [-0.39, 0.29) is 18.0 Å². The average Bonchev–Trinajstić information content (AvgIpc) is 2.18. The zero-order chi connectivity index (χ0) is 11.4. The van der Waals surface area contributed by atoms with Crippen molar-refractivity contribution >= 4 is 17.1 Å². The minimum Gasteiger partial charge on any atom is -0.398 e. The van der Waals surface area contributed by atoms with E-state index >= 15 is 0 Å². The van der Waals surface area contributed by atoms with E-state index in [9.17, 15) is 10.1 Å². The molecule has 6 heteroatoms. The van der Waals surface area contributed by atoms with Gasteiger partial charge in [0.1, 0.15) is 5.69 Å². The molecule has 1 rings (SSSR count). The summed E-state index contributed by atoms with van der Waals surface area (Å²) in [6.45, 7) is -0.0363. The van der Waals surface area contributed by atoms with Crippen molar-refractivity contribution in [3.8, 4) is 0 Å². The normalized spacial score (nSPS) is 10.2. The molecular formula is C9H13N3O3. The number of nitrogen functional groups attached to an aromatic ring is 2. The molecule has 6 nitrogen and oxygen atoms in total. The minimum atomic E-state index is -0.543. The second-order valence-corrected chi connectivity index (χ2v) is 3.16. The van der Waals surface area contributed by atoms with Gasteiger partial charge in [0.2, 0.25) is 0 Å². The number of benzene rings is 1. The van der Waals surface area contributed by atoms with Crippen LogP contribution in [0.3, 0.4) is 0 Å². The molecule has 0 aliphatic heterocycles. The Morgan fingerprint density at radius 2 is 1.93 bits per heavy atom. The van der Waals surface area contributed by atoms with Crippen LogP contribution in [-0.2, 0) is 6.42 Å². The van der Waals surface area contributed by atoms with Crippen LogP contribution in [0.15, 0.2) is 12.1 Å². The molecule has 0 atom stereocenters. The molecule has 0 saturated heterocycles. The summed E-state index contributed by atoms with van der Waals surface area (Å²) in [5.74, 6) is 0. The molecule has 0 aromatic heterocycles. The summed E-state index contributed by atoms with van der Waals surface area (Å²) >= 11 is 0. The number of aliphatic hydroxyl groups is 1. The Balaban J connectivity index is 3.19. The molecule has 0 saturated carbocycles. The molecule has 0 amide bonds. The predicted molar refractivity (Wildman–Crippen MR) is 57.3 cm³/mol. The molecule has 0 aliphatic carbocycles. The fourth-order valence-corrected chi connectivity index (χ4v) is 1.40. The van der Waals surface area contributed by atoms with Gasteiger partial charge in [-0.2, -0.15) is 0 Å². The van der Waals surface area contributed by atoms with Gasteiger partial charge in [-0.25, -0.2) is 0 Å². The van der Waals surface area contributed by atoms with Gasteiger partial charge in [0.05, 0.1) is 10.5 Å². The van der Waals surface area contributed by atoms with Crippen LogP contribution in [-0.4, -0.2) is 16.6 Å². The van der Waals surface area contributed by atoms with Gasteiger partial charge < -0.3 is 16.6 Å². The number of nitrogens with two attached hydrogens (primary N) is 2. The van der Waals surface area contributed by atoms with E-state index in [1.165, 1.54) is 12.1 Å². The summed E-state index contributed by atoms with van der Waals surface area (Å²) in [6.07, 6.45) is 0.776. The van der Waals surface area contributed by atoms with E-state index in [2.05, 4.69) is 0 Å². The van der Waals surface area contributed by atoms with Crippen molar-refractivity contribution in [2.24, 2.45) is 0 Å². The van der Waals surface area contributed by atoms with Crippen molar-refractivity contribution in [2.75, 3.05) is 18.1 Å².